The maximum absolute atomic E-state index is 13.2. The molecule has 0 radical (unpaired) electrons. The summed E-state index contributed by atoms with van der Waals surface area (Å²) in [5.74, 6) is -0.462. The summed E-state index contributed by atoms with van der Waals surface area (Å²) in [6, 6.07) is 14.0. The van der Waals surface area contributed by atoms with Gasteiger partial charge in [-0.2, -0.15) is 0 Å². The number of carbonyl (C=O) groups excluding carboxylic acids is 2. The van der Waals surface area contributed by atoms with E-state index in [1.165, 1.54) is 12.0 Å². The van der Waals surface area contributed by atoms with E-state index in [1.807, 2.05) is 36.6 Å². The van der Waals surface area contributed by atoms with Crippen molar-refractivity contribution in [2.45, 2.75) is 32.9 Å². The molecule has 5 nitrogen and oxygen atoms in total. The van der Waals surface area contributed by atoms with E-state index in [2.05, 4.69) is 28.5 Å². The van der Waals surface area contributed by atoms with Gasteiger partial charge < -0.3 is 15.0 Å². The Labute approximate surface area is 168 Å². The lowest BCUT2D eigenvalue weighted by Crippen LogP contribution is -2.92. The number of hydrogen-bond acceptors (Lipinski definition) is 4. The lowest BCUT2D eigenvalue weighted by molar-refractivity contribution is -0.703. The number of methoxy groups -OCH3 is 1. The van der Waals surface area contributed by atoms with Crippen molar-refractivity contribution in [3.05, 3.63) is 80.8 Å². The van der Waals surface area contributed by atoms with Gasteiger partial charge in [0.15, 0.2) is 0 Å². The summed E-state index contributed by atoms with van der Waals surface area (Å²) in [4.78, 5) is 29.5. The van der Waals surface area contributed by atoms with Crippen molar-refractivity contribution in [2.75, 3.05) is 7.11 Å². The Morgan fingerprint density at radius 2 is 1.82 bits per heavy atom. The average molecular weight is 398 g/mol. The zero-order valence-electron chi connectivity index (χ0n) is 16.5. The zero-order valence-corrected chi connectivity index (χ0v) is 17.3. The highest BCUT2D eigenvalue weighted by Crippen LogP contribution is 2.24. The molecule has 0 fully saturated rings. The first-order valence-electron chi connectivity index (χ1n) is 9.19. The zero-order chi connectivity index (χ0) is 20.3. The lowest BCUT2D eigenvalue weighted by Gasteiger charge is -2.19. The van der Waals surface area contributed by atoms with E-state index in [0.29, 0.717) is 22.5 Å². The van der Waals surface area contributed by atoms with E-state index in [4.69, 9.17) is 4.74 Å². The number of ketones is 1. The smallest absolute Gasteiger partial charge is 0.339 e. The van der Waals surface area contributed by atoms with Gasteiger partial charge in [-0.05, 0) is 37.8 Å². The molecule has 6 heteroatoms. The highest BCUT2D eigenvalue weighted by atomic mass is 32.1. The van der Waals surface area contributed by atoms with Crippen LogP contribution in [0.4, 0.5) is 0 Å². The fraction of sp³-hybridized carbons (Fsp3) is 0.273. The number of aromatic nitrogens is 1. The van der Waals surface area contributed by atoms with E-state index in [9.17, 15) is 9.59 Å². The second kappa shape index (κ2) is 8.54. The third-order valence-electron chi connectivity index (χ3n) is 4.98. The van der Waals surface area contributed by atoms with Gasteiger partial charge in [0.25, 0.3) is 0 Å². The molecular formula is C22H25N2O3S+. The first kappa shape index (κ1) is 20.0. The number of esters is 1. The highest BCUT2D eigenvalue weighted by molar-refractivity contribution is 7.10. The van der Waals surface area contributed by atoms with Gasteiger partial charge >= 0.3 is 5.97 Å². The molecule has 0 spiro atoms. The number of benzene rings is 1. The summed E-state index contributed by atoms with van der Waals surface area (Å²) in [6.07, 6.45) is 0. The van der Waals surface area contributed by atoms with Crippen molar-refractivity contribution in [1.82, 2.24) is 4.98 Å². The molecule has 2 atom stereocenters. The summed E-state index contributed by atoms with van der Waals surface area (Å²) in [5, 5.41) is 4.13. The summed E-state index contributed by atoms with van der Waals surface area (Å²) >= 11 is 1.68. The van der Waals surface area contributed by atoms with Crippen LogP contribution in [0.3, 0.4) is 0 Å². The first-order valence-corrected chi connectivity index (χ1v) is 10.1. The fourth-order valence-electron chi connectivity index (χ4n) is 3.51. The van der Waals surface area contributed by atoms with Gasteiger partial charge in [0, 0.05) is 11.3 Å². The molecule has 3 N–H and O–H groups in total. The molecule has 0 aliphatic rings. The summed E-state index contributed by atoms with van der Waals surface area (Å²) in [6.45, 7) is 5.46. The number of rotatable bonds is 7. The minimum absolute atomic E-state index is 0.0340. The number of hydrogen-bond donors (Lipinski definition) is 2. The number of nitrogens with two attached hydrogens (primary N) is 1. The molecule has 0 aliphatic heterocycles. The monoisotopic (exact) mass is 397 g/mol. The molecular weight excluding hydrogens is 372 g/mol. The summed E-state index contributed by atoms with van der Waals surface area (Å²) < 4.78 is 4.85. The molecule has 2 aromatic heterocycles. The quantitative estimate of drug-likeness (QED) is 0.474. The Morgan fingerprint density at radius 3 is 2.43 bits per heavy atom. The maximum Gasteiger partial charge on any atom is 0.339 e. The van der Waals surface area contributed by atoms with Crippen LogP contribution in [-0.4, -0.2) is 29.9 Å². The second-order valence-electron chi connectivity index (χ2n) is 6.87. The van der Waals surface area contributed by atoms with Crippen molar-refractivity contribution in [3.63, 3.8) is 0 Å². The van der Waals surface area contributed by atoms with Gasteiger partial charge in [-0.1, -0.05) is 36.4 Å². The molecule has 3 rings (SSSR count). The number of nitrogens with one attached hydrogen (secondary N) is 1. The number of carbonyl (C=O) groups is 2. The number of thiophene rings is 1. The van der Waals surface area contributed by atoms with Crippen molar-refractivity contribution in [3.8, 4) is 0 Å². The van der Waals surface area contributed by atoms with Gasteiger partial charge in [-0.3, -0.25) is 4.79 Å². The highest BCUT2D eigenvalue weighted by Gasteiger charge is 2.30. The second-order valence-corrected chi connectivity index (χ2v) is 7.85. The Hall–Kier alpha value is -2.70. The number of Topliss-reactive ketones (excluding diaryl/α,β-unsaturated/α-hetero) is 1. The van der Waals surface area contributed by atoms with Crippen molar-refractivity contribution >= 4 is 23.1 Å². The number of quaternary nitrogens is 1. The topological polar surface area (TPSA) is 75.8 Å². The van der Waals surface area contributed by atoms with Gasteiger partial charge in [-0.25, -0.2) is 4.79 Å². The van der Waals surface area contributed by atoms with Crippen molar-refractivity contribution in [2.24, 2.45) is 0 Å². The van der Waals surface area contributed by atoms with E-state index in [0.717, 1.165) is 5.56 Å². The Balaban J connectivity index is 1.88. The Kier molecular flexibility index (Phi) is 6.11. The van der Waals surface area contributed by atoms with Crippen LogP contribution in [0.2, 0.25) is 0 Å². The molecule has 2 heterocycles. The Bertz CT molecular complexity index is 961. The minimum atomic E-state index is -0.428. The van der Waals surface area contributed by atoms with Crippen molar-refractivity contribution < 1.29 is 19.6 Å². The standard InChI is InChI=1S/C22H24N2O3S/c1-13-18(22(26)27-4)14(2)23-19(13)21(25)15(3)24-20(17-11-8-12-28-17)16-9-6-5-7-10-16/h5-12,15,20,23-24H,1-4H3/p+1/t15-,20-/m1/s1. The van der Waals surface area contributed by atoms with Crippen LogP contribution in [0.1, 0.15) is 55.5 Å². The molecule has 0 saturated carbocycles. The van der Waals surface area contributed by atoms with E-state index in [-0.39, 0.29) is 17.9 Å². The van der Waals surface area contributed by atoms with Crippen molar-refractivity contribution in [1.29, 1.82) is 0 Å². The first-order chi connectivity index (χ1) is 13.4. The molecule has 1 aromatic carbocycles. The molecule has 0 aliphatic carbocycles. The van der Waals surface area contributed by atoms with E-state index < -0.39 is 5.97 Å². The molecule has 0 unspecified atom stereocenters. The van der Waals surface area contributed by atoms with Gasteiger partial charge in [0.2, 0.25) is 5.78 Å². The minimum Gasteiger partial charge on any atom is -0.465 e. The summed E-state index contributed by atoms with van der Waals surface area (Å²) in [7, 11) is 1.34. The normalized spacial score (nSPS) is 13.1. The van der Waals surface area contributed by atoms with Gasteiger partial charge in [0.1, 0.15) is 12.1 Å². The average Bonchev–Trinajstić information content (AvgIpc) is 3.33. The van der Waals surface area contributed by atoms with Gasteiger partial charge in [-0.15, -0.1) is 11.3 Å². The summed E-state index contributed by atoms with van der Waals surface area (Å²) in [5.41, 5.74) is 3.36. The number of aromatic amines is 1. The van der Waals surface area contributed by atoms with Gasteiger partial charge in [0.05, 0.1) is 23.2 Å². The van der Waals surface area contributed by atoms with Crippen LogP contribution in [0, 0.1) is 13.8 Å². The number of aryl methyl sites for hydroxylation is 1. The van der Waals surface area contributed by atoms with Crippen LogP contribution in [0.25, 0.3) is 0 Å². The maximum atomic E-state index is 13.2. The lowest BCUT2D eigenvalue weighted by atomic mass is 10.0. The third kappa shape index (κ3) is 3.93. The molecule has 0 bridgehead atoms. The van der Waals surface area contributed by atoms with Crippen LogP contribution in [0.5, 0.6) is 0 Å². The SMILES string of the molecule is COC(=O)c1c(C)[nH]c(C(=O)[C@@H](C)[NH2+][C@H](c2ccccc2)c2cccs2)c1C. The van der Waals surface area contributed by atoms with Crippen LogP contribution in [-0.2, 0) is 4.74 Å². The van der Waals surface area contributed by atoms with E-state index >= 15 is 0 Å². The Morgan fingerprint density at radius 1 is 1.11 bits per heavy atom. The third-order valence-corrected chi connectivity index (χ3v) is 5.93. The number of ether oxygens (including phenoxy) is 1. The molecule has 0 saturated heterocycles. The number of H-pyrrole nitrogens is 1. The predicted octanol–water partition coefficient (Wildman–Crippen LogP) is 3.40. The molecule has 28 heavy (non-hydrogen) atoms. The van der Waals surface area contributed by atoms with Crippen LogP contribution >= 0.6 is 11.3 Å². The fourth-order valence-corrected chi connectivity index (χ4v) is 4.34. The largest absolute Gasteiger partial charge is 0.465 e. The predicted molar refractivity (Wildman–Crippen MR) is 110 cm³/mol. The van der Waals surface area contributed by atoms with Crippen LogP contribution in [0.15, 0.2) is 47.8 Å². The van der Waals surface area contributed by atoms with Crippen LogP contribution < -0.4 is 5.32 Å². The van der Waals surface area contributed by atoms with E-state index in [1.54, 1.807) is 25.2 Å². The molecule has 3 aromatic rings. The molecule has 146 valence electrons. The molecule has 0 amide bonds.